The van der Waals surface area contributed by atoms with Gasteiger partial charge in [-0.2, -0.15) is 0 Å². The standard InChI is InChI=1S/C32H22ClNO5/c1-19-10-13-23(14-11-19)34-29(20-6-5-9-25(17-20)38-24-7-3-2-4-8-24)28(31(36)32(34)37)30(35)27-18-21-16-22(33)12-15-26(21)39-27/h2-18,29,36H,1H3. The van der Waals surface area contributed by atoms with Crippen LogP contribution in [0.2, 0.25) is 5.02 Å². The smallest absolute Gasteiger partial charge is 0.294 e. The number of aliphatic hydroxyl groups excluding tert-OH is 1. The first-order valence-electron chi connectivity index (χ1n) is 12.3. The Hall–Kier alpha value is -4.81. The van der Waals surface area contributed by atoms with Crippen molar-refractivity contribution in [3.63, 3.8) is 0 Å². The lowest BCUT2D eigenvalue weighted by molar-refractivity contribution is -0.117. The zero-order valence-electron chi connectivity index (χ0n) is 20.8. The number of para-hydroxylation sites is 1. The summed E-state index contributed by atoms with van der Waals surface area (Å²) in [6.07, 6.45) is 0. The van der Waals surface area contributed by atoms with Crippen LogP contribution in [0, 0.1) is 6.92 Å². The Kier molecular flexibility index (Phi) is 6.17. The molecule has 0 fully saturated rings. The van der Waals surface area contributed by atoms with Crippen LogP contribution < -0.4 is 9.64 Å². The highest BCUT2D eigenvalue weighted by Gasteiger charge is 2.45. The maximum absolute atomic E-state index is 13.9. The maximum Gasteiger partial charge on any atom is 0.294 e. The molecule has 1 N–H and O–H groups in total. The van der Waals surface area contributed by atoms with Crippen LogP contribution in [0.3, 0.4) is 0 Å². The third-order valence-corrected chi connectivity index (χ3v) is 6.85. The van der Waals surface area contributed by atoms with Crippen LogP contribution in [-0.2, 0) is 4.79 Å². The van der Waals surface area contributed by atoms with Gasteiger partial charge in [-0.15, -0.1) is 0 Å². The third kappa shape index (κ3) is 4.56. The second-order valence-corrected chi connectivity index (χ2v) is 9.72. The number of rotatable bonds is 6. The van der Waals surface area contributed by atoms with Gasteiger partial charge < -0.3 is 14.3 Å². The number of carbonyl (C=O) groups excluding carboxylic acids is 2. The van der Waals surface area contributed by atoms with E-state index < -0.39 is 23.5 Å². The molecule has 7 heteroatoms. The number of carbonyl (C=O) groups is 2. The molecule has 1 aromatic heterocycles. The highest BCUT2D eigenvalue weighted by molar-refractivity contribution is 6.31. The van der Waals surface area contributed by atoms with Crippen LogP contribution in [0.1, 0.15) is 27.7 Å². The van der Waals surface area contributed by atoms with Gasteiger partial charge in [-0.05, 0) is 73.2 Å². The number of aryl methyl sites for hydroxylation is 1. The van der Waals surface area contributed by atoms with E-state index in [0.29, 0.717) is 38.7 Å². The highest BCUT2D eigenvalue weighted by atomic mass is 35.5. The van der Waals surface area contributed by atoms with Gasteiger partial charge in [-0.3, -0.25) is 14.5 Å². The van der Waals surface area contributed by atoms with Gasteiger partial charge in [0.25, 0.3) is 5.91 Å². The predicted octanol–water partition coefficient (Wildman–Crippen LogP) is 7.97. The number of anilines is 1. The summed E-state index contributed by atoms with van der Waals surface area (Å²) in [7, 11) is 0. The van der Waals surface area contributed by atoms with Gasteiger partial charge in [-0.1, -0.05) is 59.6 Å². The van der Waals surface area contributed by atoms with E-state index in [2.05, 4.69) is 0 Å². The number of amides is 1. The number of nitrogens with zero attached hydrogens (tertiary/aromatic N) is 1. The Morgan fingerprint density at radius 2 is 1.64 bits per heavy atom. The zero-order chi connectivity index (χ0) is 27.1. The van der Waals surface area contributed by atoms with Gasteiger partial charge in [0.15, 0.2) is 11.5 Å². The summed E-state index contributed by atoms with van der Waals surface area (Å²) in [5.41, 5.74) is 2.52. The molecular formula is C32H22ClNO5. The van der Waals surface area contributed by atoms with Crippen molar-refractivity contribution < 1.29 is 23.8 Å². The maximum atomic E-state index is 13.9. The van der Waals surface area contributed by atoms with Crippen molar-refractivity contribution in [3.8, 4) is 11.5 Å². The molecule has 0 radical (unpaired) electrons. The van der Waals surface area contributed by atoms with Crippen LogP contribution in [0.4, 0.5) is 5.69 Å². The average molecular weight is 536 g/mol. The Morgan fingerprint density at radius 3 is 2.41 bits per heavy atom. The zero-order valence-corrected chi connectivity index (χ0v) is 21.6. The van der Waals surface area contributed by atoms with Crippen molar-refractivity contribution in [3.05, 3.63) is 136 Å². The summed E-state index contributed by atoms with van der Waals surface area (Å²) >= 11 is 6.11. The normalized spacial score (nSPS) is 15.3. The molecule has 6 rings (SSSR count). The molecule has 0 aliphatic carbocycles. The minimum atomic E-state index is -0.927. The lowest BCUT2D eigenvalue weighted by atomic mass is 9.94. The van der Waals surface area contributed by atoms with E-state index in [0.717, 1.165) is 5.56 Å². The summed E-state index contributed by atoms with van der Waals surface area (Å²) in [6, 6.07) is 29.4. The largest absolute Gasteiger partial charge is 0.503 e. The Balaban J connectivity index is 1.46. The van der Waals surface area contributed by atoms with Crippen molar-refractivity contribution in [1.82, 2.24) is 0 Å². The monoisotopic (exact) mass is 535 g/mol. The number of ether oxygens (including phenoxy) is 1. The minimum Gasteiger partial charge on any atom is -0.503 e. The van der Waals surface area contributed by atoms with Gasteiger partial charge in [0.2, 0.25) is 5.78 Å². The van der Waals surface area contributed by atoms with Crippen molar-refractivity contribution in [2.24, 2.45) is 0 Å². The number of furan rings is 1. The van der Waals surface area contributed by atoms with Crippen molar-refractivity contribution in [2.45, 2.75) is 13.0 Å². The summed E-state index contributed by atoms with van der Waals surface area (Å²) in [5, 5.41) is 12.2. The molecular weight excluding hydrogens is 514 g/mol. The molecule has 1 amide bonds. The molecule has 1 aliphatic rings. The average Bonchev–Trinajstić information content (AvgIpc) is 3.48. The van der Waals surface area contributed by atoms with E-state index in [1.54, 1.807) is 60.7 Å². The number of fused-ring (bicyclic) bond motifs is 1. The lowest BCUT2D eigenvalue weighted by Gasteiger charge is -2.27. The number of halogens is 1. The molecule has 4 aromatic carbocycles. The molecule has 39 heavy (non-hydrogen) atoms. The number of hydrogen-bond acceptors (Lipinski definition) is 5. The van der Waals surface area contributed by atoms with Crippen molar-refractivity contribution in [2.75, 3.05) is 4.90 Å². The molecule has 192 valence electrons. The summed E-state index contributed by atoms with van der Waals surface area (Å²) in [5.74, 6) is -0.745. The van der Waals surface area contributed by atoms with E-state index in [9.17, 15) is 14.7 Å². The molecule has 1 atom stereocenters. The number of hydrogen-bond donors (Lipinski definition) is 1. The van der Waals surface area contributed by atoms with E-state index >= 15 is 0 Å². The van der Waals surface area contributed by atoms with Gasteiger partial charge in [0.1, 0.15) is 17.1 Å². The first kappa shape index (κ1) is 24.5. The van der Waals surface area contributed by atoms with Gasteiger partial charge >= 0.3 is 0 Å². The third-order valence-electron chi connectivity index (χ3n) is 6.62. The van der Waals surface area contributed by atoms with Crippen LogP contribution in [-0.4, -0.2) is 16.8 Å². The fraction of sp³-hybridized carbons (Fsp3) is 0.0625. The van der Waals surface area contributed by atoms with Gasteiger partial charge in [0, 0.05) is 16.1 Å². The van der Waals surface area contributed by atoms with Crippen molar-refractivity contribution in [1.29, 1.82) is 0 Å². The number of Topliss-reactive ketones (excluding diaryl/α,β-unsaturated/α-hetero) is 1. The Labute approximate surface area is 229 Å². The second kappa shape index (κ2) is 9.82. The molecule has 0 bridgehead atoms. The summed E-state index contributed by atoms with van der Waals surface area (Å²) < 4.78 is 11.8. The number of aliphatic hydroxyl groups is 1. The molecule has 1 aliphatic heterocycles. The molecule has 0 saturated heterocycles. The number of benzene rings is 4. The fourth-order valence-corrected chi connectivity index (χ4v) is 4.94. The summed E-state index contributed by atoms with van der Waals surface area (Å²) in [6.45, 7) is 1.94. The van der Waals surface area contributed by atoms with Crippen LogP contribution in [0.25, 0.3) is 11.0 Å². The molecule has 5 aromatic rings. The molecule has 1 unspecified atom stereocenters. The van der Waals surface area contributed by atoms with Crippen LogP contribution in [0.15, 0.2) is 119 Å². The predicted molar refractivity (Wildman–Crippen MR) is 150 cm³/mol. The topological polar surface area (TPSA) is 80.0 Å². The first-order chi connectivity index (χ1) is 18.9. The molecule has 0 saturated carbocycles. The van der Waals surface area contributed by atoms with Gasteiger partial charge in [0.05, 0.1) is 11.6 Å². The van der Waals surface area contributed by atoms with Gasteiger partial charge in [-0.25, -0.2) is 0 Å². The summed E-state index contributed by atoms with van der Waals surface area (Å²) in [4.78, 5) is 28.8. The quantitative estimate of drug-likeness (QED) is 0.223. The van der Waals surface area contributed by atoms with Crippen LogP contribution in [0.5, 0.6) is 11.5 Å². The second-order valence-electron chi connectivity index (χ2n) is 9.29. The van der Waals surface area contributed by atoms with E-state index in [1.165, 1.54) is 4.90 Å². The minimum absolute atomic E-state index is 0.00550. The Morgan fingerprint density at radius 1 is 0.897 bits per heavy atom. The first-order valence-corrected chi connectivity index (χ1v) is 12.7. The number of ketones is 1. The molecule has 2 heterocycles. The fourth-order valence-electron chi connectivity index (χ4n) is 4.76. The highest BCUT2D eigenvalue weighted by Crippen LogP contribution is 2.43. The van der Waals surface area contributed by atoms with E-state index in [-0.39, 0.29) is 11.3 Å². The lowest BCUT2D eigenvalue weighted by Crippen LogP contribution is -2.31. The van der Waals surface area contributed by atoms with Crippen LogP contribution >= 0.6 is 11.6 Å². The van der Waals surface area contributed by atoms with E-state index in [4.69, 9.17) is 20.8 Å². The molecule has 6 nitrogen and oxygen atoms in total. The van der Waals surface area contributed by atoms with Crippen molar-refractivity contribution >= 4 is 39.9 Å². The van der Waals surface area contributed by atoms with E-state index in [1.807, 2.05) is 49.4 Å². The Bertz CT molecular complexity index is 1750. The SMILES string of the molecule is Cc1ccc(N2C(=O)C(O)=C(C(=O)c3cc4cc(Cl)ccc4o3)C2c2cccc(Oc3ccccc3)c2)cc1. The molecule has 0 spiro atoms.